The fourth-order valence-corrected chi connectivity index (χ4v) is 2.00. The van der Waals surface area contributed by atoms with Crippen molar-refractivity contribution in [3.8, 4) is 11.3 Å². The van der Waals surface area contributed by atoms with Crippen LogP contribution in [0.25, 0.3) is 11.3 Å². The molecule has 0 aliphatic rings. The Kier molecular flexibility index (Phi) is 3.77. The quantitative estimate of drug-likeness (QED) is 0.924. The summed E-state index contributed by atoms with van der Waals surface area (Å²) in [5.41, 5.74) is 8.20. The monoisotopic (exact) mass is 265 g/mol. The molecule has 0 radical (unpaired) electrons. The summed E-state index contributed by atoms with van der Waals surface area (Å²) in [5.74, 6) is 0.0155. The molecule has 0 aliphatic heterocycles. The van der Waals surface area contributed by atoms with E-state index in [4.69, 9.17) is 17.3 Å². The molecule has 2 N–H and O–H groups in total. The van der Waals surface area contributed by atoms with Crippen molar-refractivity contribution in [2.45, 2.75) is 19.8 Å². The maximum Gasteiger partial charge on any atom is 0.141 e. The van der Waals surface area contributed by atoms with Crippen LogP contribution in [0.1, 0.15) is 18.9 Å². The summed E-state index contributed by atoms with van der Waals surface area (Å²) < 4.78 is 13.2. The average Bonchev–Trinajstić information content (AvgIpc) is 2.35. The Balaban J connectivity index is 2.55. The van der Waals surface area contributed by atoms with Gasteiger partial charge in [-0.3, -0.25) is 0 Å². The highest BCUT2D eigenvalue weighted by molar-refractivity contribution is 6.31. The number of aromatic nitrogens is 2. The van der Waals surface area contributed by atoms with Gasteiger partial charge in [-0.25, -0.2) is 14.4 Å². The number of halogens is 2. The molecule has 1 aromatic carbocycles. The lowest BCUT2D eigenvalue weighted by Gasteiger charge is -2.10. The molecule has 1 heterocycles. The molecule has 2 aromatic rings. The Morgan fingerprint density at radius 3 is 2.78 bits per heavy atom. The zero-order valence-electron chi connectivity index (χ0n) is 9.95. The number of hydrogen-bond acceptors (Lipinski definition) is 3. The molecule has 0 fully saturated rings. The molecule has 18 heavy (non-hydrogen) atoms. The maximum absolute atomic E-state index is 13.2. The Bertz CT molecular complexity index is 572. The van der Waals surface area contributed by atoms with E-state index in [0.717, 1.165) is 24.0 Å². The molecule has 0 atom stereocenters. The van der Waals surface area contributed by atoms with Gasteiger partial charge in [0.1, 0.15) is 18.0 Å². The van der Waals surface area contributed by atoms with E-state index in [1.54, 1.807) is 12.1 Å². The minimum absolute atomic E-state index is 0.0760. The second kappa shape index (κ2) is 5.31. The summed E-state index contributed by atoms with van der Waals surface area (Å²) in [6.07, 6.45) is 3.11. The zero-order valence-corrected chi connectivity index (χ0v) is 10.7. The van der Waals surface area contributed by atoms with Crippen molar-refractivity contribution in [2.24, 2.45) is 0 Å². The van der Waals surface area contributed by atoms with Gasteiger partial charge in [0.25, 0.3) is 0 Å². The van der Waals surface area contributed by atoms with Crippen LogP contribution in [0.4, 0.5) is 10.2 Å². The Hall–Kier alpha value is -1.68. The Morgan fingerprint density at radius 2 is 2.11 bits per heavy atom. The summed E-state index contributed by atoms with van der Waals surface area (Å²) in [6.45, 7) is 2.05. The van der Waals surface area contributed by atoms with Crippen molar-refractivity contribution in [3.05, 3.63) is 40.9 Å². The highest BCUT2D eigenvalue weighted by Gasteiger charge is 2.12. The SMILES string of the molecule is CCCc1c(N)ncnc1-c1ccc(F)c(Cl)c1. The fourth-order valence-electron chi connectivity index (χ4n) is 1.81. The summed E-state index contributed by atoms with van der Waals surface area (Å²) in [6, 6.07) is 4.52. The van der Waals surface area contributed by atoms with Crippen LogP contribution < -0.4 is 5.73 Å². The number of benzene rings is 1. The summed E-state index contributed by atoms with van der Waals surface area (Å²) in [4.78, 5) is 8.21. The number of anilines is 1. The summed E-state index contributed by atoms with van der Waals surface area (Å²) in [5, 5.41) is 0.0760. The van der Waals surface area contributed by atoms with E-state index in [9.17, 15) is 4.39 Å². The van der Waals surface area contributed by atoms with Crippen LogP contribution in [-0.2, 0) is 6.42 Å². The molecule has 0 saturated carbocycles. The number of hydrogen-bond donors (Lipinski definition) is 1. The van der Waals surface area contributed by atoms with Crippen molar-refractivity contribution < 1.29 is 4.39 Å². The minimum Gasteiger partial charge on any atom is -0.383 e. The average molecular weight is 266 g/mol. The maximum atomic E-state index is 13.2. The first-order valence-electron chi connectivity index (χ1n) is 5.68. The van der Waals surface area contributed by atoms with Crippen molar-refractivity contribution >= 4 is 17.4 Å². The van der Waals surface area contributed by atoms with Crippen LogP contribution in [0, 0.1) is 5.82 Å². The molecule has 0 spiro atoms. The number of nitrogens with zero attached hydrogens (tertiary/aromatic N) is 2. The third-order valence-electron chi connectivity index (χ3n) is 2.67. The van der Waals surface area contributed by atoms with Crippen LogP contribution in [0.2, 0.25) is 5.02 Å². The molecule has 0 unspecified atom stereocenters. The standard InChI is InChI=1S/C13H13ClFN3/c1-2-3-9-12(17-7-18-13(9)16)8-4-5-11(15)10(14)6-8/h4-7H,2-3H2,1H3,(H2,16,17,18). The van der Waals surface area contributed by atoms with Gasteiger partial charge in [0.2, 0.25) is 0 Å². The lowest BCUT2D eigenvalue weighted by Crippen LogP contribution is -2.02. The normalized spacial score (nSPS) is 10.6. The molecular formula is C13H13ClFN3. The van der Waals surface area contributed by atoms with Gasteiger partial charge in [0.15, 0.2) is 0 Å². The molecule has 5 heteroatoms. The lowest BCUT2D eigenvalue weighted by atomic mass is 10.0. The van der Waals surface area contributed by atoms with Crippen LogP contribution in [-0.4, -0.2) is 9.97 Å². The molecular weight excluding hydrogens is 253 g/mol. The largest absolute Gasteiger partial charge is 0.383 e. The number of rotatable bonds is 3. The highest BCUT2D eigenvalue weighted by atomic mass is 35.5. The van der Waals surface area contributed by atoms with E-state index in [2.05, 4.69) is 9.97 Å². The van der Waals surface area contributed by atoms with Crippen LogP contribution >= 0.6 is 11.6 Å². The highest BCUT2D eigenvalue weighted by Crippen LogP contribution is 2.28. The topological polar surface area (TPSA) is 51.8 Å². The van der Waals surface area contributed by atoms with E-state index in [-0.39, 0.29) is 5.02 Å². The van der Waals surface area contributed by atoms with Crippen LogP contribution in [0.3, 0.4) is 0 Å². The van der Waals surface area contributed by atoms with Crippen molar-refractivity contribution in [3.63, 3.8) is 0 Å². The molecule has 0 saturated heterocycles. The molecule has 0 amide bonds. The first kappa shape index (κ1) is 12.8. The predicted molar refractivity (Wildman–Crippen MR) is 70.8 cm³/mol. The third-order valence-corrected chi connectivity index (χ3v) is 2.96. The first-order chi connectivity index (χ1) is 8.63. The molecule has 2 rings (SSSR count). The van der Waals surface area contributed by atoms with Crippen molar-refractivity contribution in [1.29, 1.82) is 0 Å². The predicted octanol–water partition coefficient (Wildman–Crippen LogP) is 3.47. The van der Waals surface area contributed by atoms with E-state index in [1.165, 1.54) is 12.4 Å². The van der Waals surface area contributed by atoms with Gasteiger partial charge < -0.3 is 5.73 Å². The third kappa shape index (κ3) is 2.43. The number of nitrogen functional groups attached to an aromatic ring is 1. The minimum atomic E-state index is -0.445. The molecule has 94 valence electrons. The summed E-state index contributed by atoms with van der Waals surface area (Å²) >= 11 is 5.78. The van der Waals surface area contributed by atoms with Crippen molar-refractivity contribution in [2.75, 3.05) is 5.73 Å². The molecule has 3 nitrogen and oxygen atoms in total. The number of nitrogens with two attached hydrogens (primary N) is 1. The van der Waals surface area contributed by atoms with Gasteiger partial charge >= 0.3 is 0 Å². The van der Waals surface area contributed by atoms with Gasteiger partial charge in [-0.15, -0.1) is 0 Å². The van der Waals surface area contributed by atoms with Crippen LogP contribution in [0.15, 0.2) is 24.5 Å². The first-order valence-corrected chi connectivity index (χ1v) is 6.06. The van der Waals surface area contributed by atoms with E-state index in [1.807, 2.05) is 6.92 Å². The van der Waals surface area contributed by atoms with E-state index < -0.39 is 5.82 Å². The molecule has 1 aromatic heterocycles. The molecule has 0 aliphatic carbocycles. The van der Waals surface area contributed by atoms with Gasteiger partial charge in [-0.1, -0.05) is 24.9 Å². The fraction of sp³-hybridized carbons (Fsp3) is 0.231. The van der Waals surface area contributed by atoms with Gasteiger partial charge in [-0.05, 0) is 24.6 Å². The molecule has 0 bridgehead atoms. The lowest BCUT2D eigenvalue weighted by molar-refractivity contribution is 0.628. The second-order valence-corrected chi connectivity index (χ2v) is 4.37. The smallest absolute Gasteiger partial charge is 0.141 e. The van der Waals surface area contributed by atoms with E-state index in [0.29, 0.717) is 11.5 Å². The zero-order chi connectivity index (χ0) is 13.1. The van der Waals surface area contributed by atoms with Gasteiger partial charge in [0.05, 0.1) is 10.7 Å². The van der Waals surface area contributed by atoms with Crippen molar-refractivity contribution in [1.82, 2.24) is 9.97 Å². The second-order valence-electron chi connectivity index (χ2n) is 3.96. The van der Waals surface area contributed by atoms with Gasteiger partial charge in [-0.2, -0.15) is 0 Å². The van der Waals surface area contributed by atoms with E-state index >= 15 is 0 Å². The summed E-state index contributed by atoms with van der Waals surface area (Å²) in [7, 11) is 0. The Labute approximate surface area is 110 Å². The van der Waals surface area contributed by atoms with Gasteiger partial charge in [0, 0.05) is 11.1 Å². The Morgan fingerprint density at radius 1 is 1.33 bits per heavy atom. The van der Waals surface area contributed by atoms with Crippen LogP contribution in [0.5, 0.6) is 0 Å².